The van der Waals surface area contributed by atoms with Gasteiger partial charge in [0.05, 0.1) is 16.8 Å². The molecule has 0 atom stereocenters. The second-order valence-corrected chi connectivity index (χ2v) is 7.94. The maximum Gasteiger partial charge on any atom is 0.261 e. The van der Waals surface area contributed by atoms with Crippen LogP contribution in [0.3, 0.4) is 0 Å². The fourth-order valence-electron chi connectivity index (χ4n) is 5.02. The van der Waals surface area contributed by atoms with Gasteiger partial charge < -0.3 is 4.90 Å². The first kappa shape index (κ1) is 17.1. The van der Waals surface area contributed by atoms with Gasteiger partial charge >= 0.3 is 0 Å². The van der Waals surface area contributed by atoms with E-state index in [0.29, 0.717) is 28.9 Å². The van der Waals surface area contributed by atoms with Crippen molar-refractivity contribution in [3.8, 4) is 0 Å². The quantitative estimate of drug-likeness (QED) is 0.714. The zero-order valence-corrected chi connectivity index (χ0v) is 15.5. The van der Waals surface area contributed by atoms with Crippen LogP contribution in [0.4, 0.5) is 10.1 Å². The fraction of sp³-hybridized carbons (Fsp3) is 0.318. The first-order valence-corrected chi connectivity index (χ1v) is 9.50. The molecule has 1 fully saturated rings. The molecule has 2 aliphatic heterocycles. The van der Waals surface area contributed by atoms with Crippen LogP contribution < -0.4 is 4.90 Å². The molecule has 6 heteroatoms. The van der Waals surface area contributed by atoms with E-state index in [1.54, 1.807) is 23.1 Å². The number of anilines is 1. The number of rotatable bonds is 1. The summed E-state index contributed by atoms with van der Waals surface area (Å²) >= 11 is 0. The Morgan fingerprint density at radius 1 is 1.04 bits per heavy atom. The molecule has 5 rings (SSSR count). The average Bonchev–Trinajstić information content (AvgIpc) is 3.36. The van der Waals surface area contributed by atoms with Crippen LogP contribution in [0.5, 0.6) is 0 Å². The molecule has 0 radical (unpaired) electrons. The third-order valence-electron chi connectivity index (χ3n) is 6.42. The van der Waals surface area contributed by atoms with Crippen LogP contribution in [0.15, 0.2) is 36.4 Å². The van der Waals surface area contributed by atoms with Crippen molar-refractivity contribution >= 4 is 23.4 Å². The van der Waals surface area contributed by atoms with Crippen LogP contribution in [0, 0.1) is 5.82 Å². The Labute approximate surface area is 161 Å². The molecule has 1 aliphatic carbocycles. The van der Waals surface area contributed by atoms with Crippen LogP contribution >= 0.6 is 0 Å². The number of hydrogen-bond donors (Lipinski definition) is 0. The molecule has 2 aromatic carbocycles. The molecule has 0 aromatic heterocycles. The van der Waals surface area contributed by atoms with Crippen molar-refractivity contribution in [2.24, 2.45) is 0 Å². The molecule has 0 unspecified atom stereocenters. The second kappa shape index (κ2) is 5.74. The second-order valence-electron chi connectivity index (χ2n) is 7.94. The molecular formula is C22H19FN2O3. The summed E-state index contributed by atoms with van der Waals surface area (Å²) in [5, 5.41) is 0. The van der Waals surface area contributed by atoms with Crippen LogP contribution in [0.1, 0.15) is 62.3 Å². The predicted molar refractivity (Wildman–Crippen MR) is 101 cm³/mol. The lowest BCUT2D eigenvalue weighted by Crippen LogP contribution is -2.35. The summed E-state index contributed by atoms with van der Waals surface area (Å²) in [6.07, 6.45) is 3.79. The van der Waals surface area contributed by atoms with Gasteiger partial charge in [0.2, 0.25) is 0 Å². The Morgan fingerprint density at radius 3 is 2.50 bits per heavy atom. The van der Waals surface area contributed by atoms with E-state index in [9.17, 15) is 18.8 Å². The van der Waals surface area contributed by atoms with Gasteiger partial charge in [-0.05, 0) is 43.2 Å². The maximum atomic E-state index is 14.7. The molecular weight excluding hydrogens is 359 g/mol. The van der Waals surface area contributed by atoms with Crippen molar-refractivity contribution in [1.29, 1.82) is 0 Å². The summed E-state index contributed by atoms with van der Waals surface area (Å²) in [7, 11) is 1.43. The van der Waals surface area contributed by atoms with Gasteiger partial charge in [0.25, 0.3) is 17.7 Å². The molecule has 2 aromatic rings. The monoisotopic (exact) mass is 378 g/mol. The first-order chi connectivity index (χ1) is 13.4. The van der Waals surface area contributed by atoms with Crippen molar-refractivity contribution in [3.63, 3.8) is 0 Å². The van der Waals surface area contributed by atoms with Gasteiger partial charge in [0, 0.05) is 30.1 Å². The maximum absolute atomic E-state index is 14.7. The van der Waals surface area contributed by atoms with Gasteiger partial charge in [-0.1, -0.05) is 18.9 Å². The lowest BCUT2D eigenvalue weighted by Gasteiger charge is -2.25. The SMILES string of the molecule is CN1C(=O)c2ccc(C(=O)N3CC4(CCCC4)c4c(F)cccc43)cc2C1=O. The molecule has 5 nitrogen and oxygen atoms in total. The highest BCUT2D eigenvalue weighted by Crippen LogP contribution is 2.51. The molecule has 1 spiro atoms. The third kappa shape index (κ3) is 2.14. The van der Waals surface area contributed by atoms with E-state index in [1.165, 1.54) is 25.2 Å². The number of carbonyl (C=O) groups excluding carboxylic acids is 3. The number of fused-ring (bicyclic) bond motifs is 3. The van der Waals surface area contributed by atoms with Crippen molar-refractivity contribution in [1.82, 2.24) is 4.90 Å². The van der Waals surface area contributed by atoms with E-state index >= 15 is 0 Å². The van der Waals surface area contributed by atoms with Gasteiger partial charge in [-0.3, -0.25) is 19.3 Å². The highest BCUT2D eigenvalue weighted by atomic mass is 19.1. The Hall–Kier alpha value is -3.02. The number of nitrogens with zero attached hydrogens (tertiary/aromatic N) is 2. The number of hydrogen-bond acceptors (Lipinski definition) is 3. The molecule has 3 amide bonds. The molecule has 0 bridgehead atoms. The van der Waals surface area contributed by atoms with Crippen molar-refractivity contribution in [2.45, 2.75) is 31.1 Å². The van der Waals surface area contributed by atoms with Gasteiger partial charge in [-0.25, -0.2) is 4.39 Å². The highest BCUT2D eigenvalue weighted by Gasteiger charge is 2.48. The third-order valence-corrected chi connectivity index (χ3v) is 6.42. The largest absolute Gasteiger partial charge is 0.307 e. The molecule has 2 heterocycles. The minimum atomic E-state index is -0.408. The lowest BCUT2D eigenvalue weighted by atomic mass is 9.80. The summed E-state index contributed by atoms with van der Waals surface area (Å²) < 4.78 is 14.7. The van der Waals surface area contributed by atoms with Gasteiger partial charge in [-0.2, -0.15) is 0 Å². The molecule has 1 saturated carbocycles. The van der Waals surface area contributed by atoms with E-state index in [1.807, 2.05) is 0 Å². The minimum absolute atomic E-state index is 0.243. The number of amides is 3. The topological polar surface area (TPSA) is 57.7 Å². The van der Waals surface area contributed by atoms with Crippen molar-refractivity contribution in [2.75, 3.05) is 18.5 Å². The molecule has 142 valence electrons. The minimum Gasteiger partial charge on any atom is -0.307 e. The van der Waals surface area contributed by atoms with Gasteiger partial charge in [0.1, 0.15) is 5.82 Å². The summed E-state index contributed by atoms with van der Waals surface area (Å²) in [6.45, 7) is 0.450. The highest BCUT2D eigenvalue weighted by molar-refractivity contribution is 6.22. The predicted octanol–water partition coefficient (Wildman–Crippen LogP) is 3.52. The Balaban J connectivity index is 1.57. The van der Waals surface area contributed by atoms with E-state index in [-0.39, 0.29) is 28.6 Å². The molecule has 0 N–H and O–H groups in total. The van der Waals surface area contributed by atoms with Crippen LogP contribution in [0.25, 0.3) is 0 Å². The number of carbonyl (C=O) groups is 3. The van der Waals surface area contributed by atoms with Gasteiger partial charge in [-0.15, -0.1) is 0 Å². The smallest absolute Gasteiger partial charge is 0.261 e. The van der Waals surface area contributed by atoms with Crippen LogP contribution in [-0.2, 0) is 5.41 Å². The van der Waals surface area contributed by atoms with E-state index in [4.69, 9.17) is 0 Å². The van der Waals surface area contributed by atoms with Crippen molar-refractivity contribution in [3.05, 3.63) is 64.5 Å². The fourth-order valence-corrected chi connectivity index (χ4v) is 5.02. The Kier molecular flexibility index (Phi) is 3.50. The normalized spacial score (nSPS) is 19.5. The lowest BCUT2D eigenvalue weighted by molar-refractivity contribution is 0.0693. The Bertz CT molecular complexity index is 1060. The summed E-state index contributed by atoms with van der Waals surface area (Å²) in [5.41, 5.74) is 1.83. The number of halogens is 1. The molecule has 3 aliphatic rings. The summed E-state index contributed by atoms with van der Waals surface area (Å²) in [6, 6.07) is 9.47. The zero-order valence-electron chi connectivity index (χ0n) is 15.5. The van der Waals surface area contributed by atoms with Crippen molar-refractivity contribution < 1.29 is 18.8 Å². The van der Waals surface area contributed by atoms with E-state index in [2.05, 4.69) is 0 Å². The number of imide groups is 1. The number of benzene rings is 2. The Morgan fingerprint density at radius 2 is 1.75 bits per heavy atom. The standard InChI is InChI=1S/C22H19FN2O3/c1-24-20(27)14-8-7-13(11-15(14)21(24)28)19(26)25-12-22(9-2-3-10-22)18-16(23)5-4-6-17(18)25/h4-8,11H,2-3,9-10,12H2,1H3. The summed E-state index contributed by atoms with van der Waals surface area (Å²) in [5.74, 6) is -1.30. The van der Waals surface area contributed by atoms with Gasteiger partial charge in [0.15, 0.2) is 0 Å². The van der Waals surface area contributed by atoms with Crippen LogP contribution in [0.2, 0.25) is 0 Å². The zero-order chi connectivity index (χ0) is 19.6. The molecule has 28 heavy (non-hydrogen) atoms. The van der Waals surface area contributed by atoms with E-state index < -0.39 is 5.91 Å². The van der Waals surface area contributed by atoms with E-state index in [0.717, 1.165) is 30.6 Å². The first-order valence-electron chi connectivity index (χ1n) is 9.50. The molecule has 0 saturated heterocycles. The summed E-state index contributed by atoms with van der Waals surface area (Å²) in [4.78, 5) is 40.4. The van der Waals surface area contributed by atoms with Crippen LogP contribution in [-0.4, -0.2) is 36.2 Å². The average molecular weight is 378 g/mol.